The Morgan fingerprint density at radius 3 is 2.27 bits per heavy atom. The van der Waals surface area contributed by atoms with Crippen LogP contribution in [0.25, 0.3) is 0 Å². The normalized spacial score (nSPS) is 11.6. The summed E-state index contributed by atoms with van der Waals surface area (Å²) in [6, 6.07) is 15.0. The summed E-state index contributed by atoms with van der Waals surface area (Å²) in [7, 11) is 1.39. The number of benzene rings is 2. The Bertz CT molecular complexity index is 680. The maximum Gasteiger partial charge on any atom is 0.317 e. The molecule has 1 atom stereocenters. The number of hydrogen-bond donors (Lipinski definition) is 1. The summed E-state index contributed by atoms with van der Waals surface area (Å²) >= 11 is 0. The molecule has 1 unspecified atom stereocenters. The smallest absolute Gasteiger partial charge is 0.317 e. The van der Waals surface area contributed by atoms with Gasteiger partial charge in [-0.2, -0.15) is 0 Å². The van der Waals surface area contributed by atoms with E-state index in [1.165, 1.54) is 14.0 Å². The fraction of sp³-hybridized carbons (Fsp3) is 0.222. The van der Waals surface area contributed by atoms with Gasteiger partial charge in [0.1, 0.15) is 5.92 Å². The highest BCUT2D eigenvalue weighted by molar-refractivity contribution is 5.90. The Morgan fingerprint density at radius 1 is 1.05 bits per heavy atom. The third kappa shape index (κ3) is 3.52. The quantitative estimate of drug-likeness (QED) is 0.881. The number of methoxy groups -OCH3 is 1. The second-order valence-electron chi connectivity index (χ2n) is 5.12. The molecule has 0 radical (unpaired) electrons. The molecule has 0 aliphatic rings. The first kappa shape index (κ1) is 15.8. The lowest BCUT2D eigenvalue weighted by Crippen LogP contribution is -2.16. The fourth-order valence-electron chi connectivity index (χ4n) is 2.42. The maximum atomic E-state index is 12.2. The summed E-state index contributed by atoms with van der Waals surface area (Å²) in [5.41, 5.74) is 3.36. The lowest BCUT2D eigenvalue weighted by Gasteiger charge is -2.17. The van der Waals surface area contributed by atoms with Crippen LogP contribution in [-0.4, -0.2) is 19.0 Å². The number of aryl methyl sites for hydroxylation is 1. The van der Waals surface area contributed by atoms with Crippen molar-refractivity contribution in [2.75, 3.05) is 12.4 Å². The van der Waals surface area contributed by atoms with E-state index < -0.39 is 5.92 Å². The summed E-state index contributed by atoms with van der Waals surface area (Å²) < 4.78 is 4.95. The molecule has 1 amide bonds. The second-order valence-corrected chi connectivity index (χ2v) is 5.12. The van der Waals surface area contributed by atoms with Crippen molar-refractivity contribution in [2.24, 2.45) is 0 Å². The van der Waals surface area contributed by atoms with Crippen LogP contribution in [0, 0.1) is 6.92 Å². The predicted octanol–water partition coefficient (Wildman–Crippen LogP) is 3.26. The van der Waals surface area contributed by atoms with E-state index in [1.54, 1.807) is 0 Å². The molecule has 0 bridgehead atoms. The van der Waals surface area contributed by atoms with Gasteiger partial charge in [-0.15, -0.1) is 0 Å². The molecule has 4 nitrogen and oxygen atoms in total. The highest BCUT2D eigenvalue weighted by atomic mass is 16.5. The second kappa shape index (κ2) is 6.89. The van der Waals surface area contributed by atoms with Crippen molar-refractivity contribution in [3.63, 3.8) is 0 Å². The molecule has 0 saturated heterocycles. The van der Waals surface area contributed by atoms with Crippen LogP contribution in [0.1, 0.15) is 29.5 Å². The van der Waals surface area contributed by atoms with Gasteiger partial charge in [-0.3, -0.25) is 9.59 Å². The largest absolute Gasteiger partial charge is 0.468 e. The zero-order valence-corrected chi connectivity index (χ0v) is 12.9. The van der Waals surface area contributed by atoms with E-state index >= 15 is 0 Å². The summed E-state index contributed by atoms with van der Waals surface area (Å²) in [5, 5.41) is 2.77. The average Bonchev–Trinajstić information content (AvgIpc) is 2.50. The molecular weight excluding hydrogens is 278 g/mol. The third-order valence-electron chi connectivity index (χ3n) is 3.46. The lowest BCUT2D eigenvalue weighted by atomic mass is 9.90. The molecule has 4 heteroatoms. The van der Waals surface area contributed by atoms with E-state index in [0.717, 1.165) is 22.4 Å². The minimum atomic E-state index is -0.476. The molecule has 0 spiro atoms. The minimum Gasteiger partial charge on any atom is -0.468 e. The molecule has 0 saturated carbocycles. The number of esters is 1. The van der Waals surface area contributed by atoms with Gasteiger partial charge in [0, 0.05) is 12.6 Å². The maximum absolute atomic E-state index is 12.2. The van der Waals surface area contributed by atoms with Crippen LogP contribution in [0.3, 0.4) is 0 Å². The topological polar surface area (TPSA) is 55.4 Å². The van der Waals surface area contributed by atoms with Crippen molar-refractivity contribution in [1.82, 2.24) is 0 Å². The van der Waals surface area contributed by atoms with E-state index in [1.807, 2.05) is 55.5 Å². The van der Waals surface area contributed by atoms with Gasteiger partial charge in [0.2, 0.25) is 5.91 Å². The highest BCUT2D eigenvalue weighted by Crippen LogP contribution is 2.29. The third-order valence-corrected chi connectivity index (χ3v) is 3.46. The Morgan fingerprint density at radius 2 is 1.73 bits per heavy atom. The van der Waals surface area contributed by atoms with Crippen molar-refractivity contribution in [3.05, 3.63) is 65.2 Å². The molecule has 0 aromatic heterocycles. The van der Waals surface area contributed by atoms with Crippen LogP contribution < -0.4 is 5.32 Å². The minimum absolute atomic E-state index is 0.122. The van der Waals surface area contributed by atoms with Crippen molar-refractivity contribution < 1.29 is 14.3 Å². The van der Waals surface area contributed by atoms with Crippen molar-refractivity contribution >= 4 is 17.6 Å². The lowest BCUT2D eigenvalue weighted by molar-refractivity contribution is -0.141. The summed E-state index contributed by atoms with van der Waals surface area (Å²) in [5.74, 6) is -0.905. The summed E-state index contributed by atoms with van der Waals surface area (Å²) in [6.45, 7) is 3.36. The summed E-state index contributed by atoms with van der Waals surface area (Å²) in [4.78, 5) is 23.4. The van der Waals surface area contributed by atoms with Crippen LogP contribution >= 0.6 is 0 Å². The number of ether oxygens (including phenoxy) is 1. The molecule has 0 heterocycles. The molecule has 1 N–H and O–H groups in total. The number of carbonyl (C=O) groups excluding carboxylic acids is 2. The highest BCUT2D eigenvalue weighted by Gasteiger charge is 2.23. The van der Waals surface area contributed by atoms with Gasteiger partial charge in [-0.1, -0.05) is 42.5 Å². The van der Waals surface area contributed by atoms with Gasteiger partial charge < -0.3 is 10.1 Å². The van der Waals surface area contributed by atoms with Crippen LogP contribution in [0.15, 0.2) is 48.5 Å². The predicted molar refractivity (Wildman–Crippen MR) is 85.8 cm³/mol. The SMILES string of the molecule is COC(=O)C(c1ccccc1)c1ccc(NC(C)=O)c(C)c1. The molecule has 0 aliphatic heterocycles. The summed E-state index contributed by atoms with van der Waals surface area (Å²) in [6.07, 6.45) is 0. The molecule has 2 aromatic rings. The van der Waals surface area contributed by atoms with Crippen LogP contribution in [0.4, 0.5) is 5.69 Å². The number of rotatable bonds is 4. The molecular formula is C18H19NO3. The van der Waals surface area contributed by atoms with Crippen molar-refractivity contribution in [1.29, 1.82) is 0 Å². The van der Waals surface area contributed by atoms with Gasteiger partial charge in [0.25, 0.3) is 0 Å². The van der Waals surface area contributed by atoms with Crippen molar-refractivity contribution in [2.45, 2.75) is 19.8 Å². The monoisotopic (exact) mass is 297 g/mol. The van der Waals surface area contributed by atoms with E-state index in [4.69, 9.17) is 4.74 Å². The van der Waals surface area contributed by atoms with E-state index in [9.17, 15) is 9.59 Å². The first-order valence-electron chi connectivity index (χ1n) is 7.04. The molecule has 0 aliphatic carbocycles. The van der Waals surface area contributed by atoms with Crippen LogP contribution in [-0.2, 0) is 14.3 Å². The first-order chi connectivity index (χ1) is 10.5. The number of anilines is 1. The molecule has 0 fully saturated rings. The average molecular weight is 297 g/mol. The zero-order valence-electron chi connectivity index (χ0n) is 12.9. The van der Waals surface area contributed by atoms with E-state index in [-0.39, 0.29) is 11.9 Å². The van der Waals surface area contributed by atoms with E-state index in [2.05, 4.69) is 5.32 Å². The van der Waals surface area contributed by atoms with E-state index in [0.29, 0.717) is 0 Å². The number of hydrogen-bond acceptors (Lipinski definition) is 3. The van der Waals surface area contributed by atoms with Crippen molar-refractivity contribution in [3.8, 4) is 0 Å². The van der Waals surface area contributed by atoms with Crippen LogP contribution in [0.2, 0.25) is 0 Å². The Balaban J connectivity index is 2.43. The van der Waals surface area contributed by atoms with Gasteiger partial charge in [-0.25, -0.2) is 0 Å². The molecule has 2 rings (SSSR count). The Hall–Kier alpha value is -2.62. The Labute approximate surface area is 130 Å². The van der Waals surface area contributed by atoms with Crippen LogP contribution in [0.5, 0.6) is 0 Å². The van der Waals surface area contributed by atoms with Gasteiger partial charge in [0.05, 0.1) is 7.11 Å². The fourth-order valence-corrected chi connectivity index (χ4v) is 2.42. The molecule has 114 valence electrons. The first-order valence-corrected chi connectivity index (χ1v) is 7.04. The molecule has 2 aromatic carbocycles. The number of nitrogens with one attached hydrogen (secondary N) is 1. The Kier molecular flexibility index (Phi) is 4.94. The van der Waals surface area contributed by atoms with Gasteiger partial charge in [-0.05, 0) is 29.7 Å². The molecule has 22 heavy (non-hydrogen) atoms. The van der Waals surface area contributed by atoms with Gasteiger partial charge >= 0.3 is 5.97 Å². The number of carbonyl (C=O) groups is 2. The standard InChI is InChI=1S/C18H19NO3/c1-12-11-15(9-10-16(12)19-13(2)20)17(18(21)22-3)14-7-5-4-6-8-14/h4-11,17H,1-3H3,(H,19,20). The number of amides is 1. The van der Waals surface area contributed by atoms with Gasteiger partial charge in [0.15, 0.2) is 0 Å². The zero-order chi connectivity index (χ0) is 16.1.